The van der Waals surface area contributed by atoms with Gasteiger partial charge in [-0.15, -0.1) is 0 Å². The predicted molar refractivity (Wildman–Crippen MR) is 117 cm³/mol. The predicted octanol–water partition coefficient (Wildman–Crippen LogP) is 2.26. The molecule has 0 aliphatic heterocycles. The molecule has 5 N–H and O–H groups in total. The second kappa shape index (κ2) is 11.6. The molecular formula is C22H29N3O3S. The molecule has 2 amide bonds. The third kappa shape index (κ3) is 7.53. The Morgan fingerprint density at radius 1 is 1.03 bits per heavy atom. The van der Waals surface area contributed by atoms with Crippen molar-refractivity contribution in [1.29, 1.82) is 0 Å². The fraction of sp³-hybridized carbons (Fsp3) is 0.364. The summed E-state index contributed by atoms with van der Waals surface area (Å²) in [6, 6.07) is 16.3. The third-order valence-corrected chi connectivity index (χ3v) is 5.51. The number of amides is 2. The van der Waals surface area contributed by atoms with E-state index in [1.807, 2.05) is 42.5 Å². The molecule has 0 heterocycles. The summed E-state index contributed by atoms with van der Waals surface area (Å²) in [5, 5.41) is 10.5. The number of aliphatic hydroxyl groups is 1. The van der Waals surface area contributed by atoms with Crippen LogP contribution in [0.4, 0.5) is 0 Å². The maximum atomic E-state index is 12.6. The minimum atomic E-state index is -1.39. The minimum Gasteiger partial charge on any atom is -0.382 e. The number of rotatable bonds is 9. The lowest BCUT2D eigenvalue weighted by atomic mass is 9.99. The van der Waals surface area contributed by atoms with E-state index in [0.717, 1.165) is 16.9 Å². The normalized spacial score (nSPS) is 13.0. The molecule has 1 unspecified atom stereocenters. The van der Waals surface area contributed by atoms with E-state index in [0.29, 0.717) is 23.7 Å². The molecule has 0 aliphatic rings. The number of aliphatic hydroxyl groups excluding tert-OH is 1. The second-order valence-electron chi connectivity index (χ2n) is 7.08. The van der Waals surface area contributed by atoms with E-state index in [9.17, 15) is 14.7 Å². The van der Waals surface area contributed by atoms with Gasteiger partial charge in [-0.3, -0.25) is 20.4 Å². The lowest BCUT2D eigenvalue weighted by molar-refractivity contribution is -0.131. The Bertz CT molecular complexity index is 799. The largest absolute Gasteiger partial charge is 0.382 e. The molecule has 0 saturated heterocycles. The van der Waals surface area contributed by atoms with Gasteiger partial charge in [0.25, 0.3) is 11.8 Å². The van der Waals surface area contributed by atoms with Crippen LogP contribution in [-0.2, 0) is 11.2 Å². The van der Waals surface area contributed by atoms with Gasteiger partial charge in [-0.1, -0.05) is 62.4 Å². The lowest BCUT2D eigenvalue weighted by Gasteiger charge is -2.19. The highest BCUT2D eigenvalue weighted by molar-refractivity contribution is 7.99. The van der Waals surface area contributed by atoms with Crippen LogP contribution in [0.25, 0.3) is 0 Å². The van der Waals surface area contributed by atoms with Gasteiger partial charge in [0.05, 0.1) is 0 Å². The zero-order valence-electron chi connectivity index (χ0n) is 16.8. The van der Waals surface area contributed by atoms with Gasteiger partial charge >= 0.3 is 0 Å². The number of carbonyl (C=O) groups excluding carboxylic acids is 2. The molecule has 156 valence electrons. The maximum absolute atomic E-state index is 12.6. The van der Waals surface area contributed by atoms with Gasteiger partial charge < -0.3 is 10.8 Å². The Kier molecular flexibility index (Phi) is 9.18. The minimum absolute atomic E-state index is 0.444. The van der Waals surface area contributed by atoms with Crippen LogP contribution in [0, 0.1) is 0 Å². The van der Waals surface area contributed by atoms with Gasteiger partial charge in [0.2, 0.25) is 0 Å². The molecule has 6 nitrogen and oxygen atoms in total. The SMILES string of the molecule is CC(C)SCC[C@@H](N)C(O)C(=O)NNC(=O)c1ccccc1Cc1ccccc1. The Labute approximate surface area is 176 Å². The summed E-state index contributed by atoms with van der Waals surface area (Å²) in [5.74, 6) is -0.412. The summed E-state index contributed by atoms with van der Waals surface area (Å²) >= 11 is 1.71. The molecule has 0 fully saturated rings. The zero-order valence-corrected chi connectivity index (χ0v) is 17.6. The van der Waals surface area contributed by atoms with E-state index in [1.54, 1.807) is 23.9 Å². The smallest absolute Gasteiger partial charge is 0.269 e. The van der Waals surface area contributed by atoms with Gasteiger partial charge in [-0.05, 0) is 41.0 Å². The molecular weight excluding hydrogens is 386 g/mol. The highest BCUT2D eigenvalue weighted by Crippen LogP contribution is 2.15. The molecule has 2 rings (SSSR count). The standard InChI is InChI=1S/C22H29N3O3S/c1-15(2)29-13-12-19(23)20(26)22(28)25-24-21(27)18-11-7-6-10-17(18)14-16-8-4-3-5-9-16/h3-11,15,19-20,26H,12-14,23H2,1-2H3,(H,24,27)(H,25,28)/t19-,20?/m1/s1. The Morgan fingerprint density at radius 2 is 1.69 bits per heavy atom. The van der Waals surface area contributed by atoms with Crippen LogP contribution < -0.4 is 16.6 Å². The Hall–Kier alpha value is -2.35. The van der Waals surface area contributed by atoms with Crippen molar-refractivity contribution in [2.45, 2.75) is 44.1 Å². The molecule has 2 aromatic carbocycles. The molecule has 7 heteroatoms. The van der Waals surface area contributed by atoms with Crippen LogP contribution in [0.15, 0.2) is 54.6 Å². The summed E-state index contributed by atoms with van der Waals surface area (Å²) in [6.07, 6.45) is -0.285. The molecule has 2 atom stereocenters. The van der Waals surface area contributed by atoms with Crippen molar-refractivity contribution < 1.29 is 14.7 Å². The lowest BCUT2D eigenvalue weighted by Crippen LogP contribution is -2.52. The van der Waals surface area contributed by atoms with Gasteiger partial charge in [0.1, 0.15) is 6.10 Å². The number of nitrogens with two attached hydrogens (primary N) is 1. The second-order valence-corrected chi connectivity index (χ2v) is 8.76. The summed E-state index contributed by atoms with van der Waals surface area (Å²) in [4.78, 5) is 24.7. The highest BCUT2D eigenvalue weighted by atomic mass is 32.2. The van der Waals surface area contributed by atoms with Gasteiger partial charge in [0, 0.05) is 11.6 Å². The van der Waals surface area contributed by atoms with Crippen molar-refractivity contribution in [1.82, 2.24) is 10.9 Å². The topological polar surface area (TPSA) is 104 Å². The summed E-state index contributed by atoms with van der Waals surface area (Å²) in [7, 11) is 0. The third-order valence-electron chi connectivity index (χ3n) is 4.38. The van der Waals surface area contributed by atoms with Crippen molar-refractivity contribution in [3.05, 3.63) is 71.3 Å². The number of hydrogen-bond acceptors (Lipinski definition) is 5. The maximum Gasteiger partial charge on any atom is 0.269 e. The van der Waals surface area contributed by atoms with E-state index >= 15 is 0 Å². The number of thioether (sulfide) groups is 1. The molecule has 0 spiro atoms. The number of nitrogens with one attached hydrogen (secondary N) is 2. The first kappa shape index (κ1) is 22.9. The number of hydrogen-bond donors (Lipinski definition) is 4. The molecule has 0 bridgehead atoms. The van der Waals surface area contributed by atoms with Crippen molar-refractivity contribution in [3.8, 4) is 0 Å². The Morgan fingerprint density at radius 3 is 2.38 bits per heavy atom. The Balaban J connectivity index is 1.91. The molecule has 0 radical (unpaired) electrons. The summed E-state index contributed by atoms with van der Waals surface area (Å²) < 4.78 is 0. The number of benzene rings is 2. The fourth-order valence-corrected chi connectivity index (χ4v) is 3.64. The molecule has 0 aromatic heterocycles. The van der Waals surface area contributed by atoms with Crippen molar-refractivity contribution in [2.75, 3.05) is 5.75 Å². The fourth-order valence-electron chi connectivity index (χ4n) is 2.76. The first-order valence-corrected chi connectivity index (χ1v) is 10.7. The van der Waals surface area contributed by atoms with Crippen molar-refractivity contribution in [2.24, 2.45) is 5.73 Å². The first-order valence-electron chi connectivity index (χ1n) is 9.65. The van der Waals surface area contributed by atoms with E-state index in [2.05, 4.69) is 24.7 Å². The van der Waals surface area contributed by atoms with Crippen LogP contribution in [0.5, 0.6) is 0 Å². The van der Waals surface area contributed by atoms with E-state index in [-0.39, 0.29) is 0 Å². The van der Waals surface area contributed by atoms with Crippen LogP contribution >= 0.6 is 11.8 Å². The molecule has 2 aromatic rings. The summed E-state index contributed by atoms with van der Waals surface area (Å²) in [5.41, 5.74) is 12.9. The van der Waals surface area contributed by atoms with Gasteiger partial charge in [0.15, 0.2) is 0 Å². The van der Waals surface area contributed by atoms with E-state index < -0.39 is 24.0 Å². The first-order chi connectivity index (χ1) is 13.9. The number of hydrazine groups is 1. The monoisotopic (exact) mass is 415 g/mol. The average Bonchev–Trinajstić information content (AvgIpc) is 2.72. The zero-order chi connectivity index (χ0) is 21.2. The van der Waals surface area contributed by atoms with Gasteiger partial charge in [-0.2, -0.15) is 11.8 Å². The quantitative estimate of drug-likeness (QED) is 0.470. The van der Waals surface area contributed by atoms with E-state index in [4.69, 9.17) is 5.73 Å². The number of carbonyl (C=O) groups is 2. The van der Waals surface area contributed by atoms with Crippen molar-refractivity contribution >= 4 is 23.6 Å². The summed E-state index contributed by atoms with van der Waals surface area (Å²) in [6.45, 7) is 4.15. The highest BCUT2D eigenvalue weighted by Gasteiger charge is 2.23. The van der Waals surface area contributed by atoms with Crippen molar-refractivity contribution in [3.63, 3.8) is 0 Å². The average molecular weight is 416 g/mol. The molecule has 0 saturated carbocycles. The van der Waals surface area contributed by atoms with Gasteiger partial charge in [-0.25, -0.2) is 0 Å². The molecule has 29 heavy (non-hydrogen) atoms. The van der Waals surface area contributed by atoms with Crippen LogP contribution in [-0.4, -0.2) is 40.1 Å². The van der Waals surface area contributed by atoms with Crippen LogP contribution in [0.1, 0.15) is 41.8 Å². The van der Waals surface area contributed by atoms with Crippen LogP contribution in [0.3, 0.4) is 0 Å². The van der Waals surface area contributed by atoms with Crippen LogP contribution in [0.2, 0.25) is 0 Å². The molecule has 0 aliphatic carbocycles. The van der Waals surface area contributed by atoms with E-state index in [1.165, 1.54) is 0 Å².